The fourth-order valence-electron chi connectivity index (χ4n) is 3.57. The van der Waals surface area contributed by atoms with E-state index in [-0.39, 0.29) is 4.90 Å². The summed E-state index contributed by atoms with van der Waals surface area (Å²) < 4.78 is 46.5. The van der Waals surface area contributed by atoms with Gasteiger partial charge in [0.1, 0.15) is 11.5 Å². The van der Waals surface area contributed by atoms with Gasteiger partial charge in [0.15, 0.2) is 0 Å². The molecule has 1 aromatic carbocycles. The lowest BCUT2D eigenvalue weighted by atomic mass is 10.0. The van der Waals surface area contributed by atoms with Gasteiger partial charge in [0.05, 0.1) is 11.5 Å². The van der Waals surface area contributed by atoms with E-state index in [1.54, 1.807) is 0 Å². The molecule has 2 fully saturated rings. The molecule has 0 atom stereocenters. The molecule has 1 aromatic rings. The molecule has 0 unspecified atom stereocenters. The van der Waals surface area contributed by atoms with Crippen LogP contribution in [-0.4, -0.2) is 56.1 Å². The molecule has 2 aliphatic rings. The lowest BCUT2D eigenvalue weighted by Gasteiger charge is -2.42. The van der Waals surface area contributed by atoms with E-state index in [2.05, 4.69) is 11.8 Å². The largest absolute Gasteiger partial charge is 0.358 e. The van der Waals surface area contributed by atoms with Crippen molar-refractivity contribution in [2.75, 3.05) is 32.8 Å². The van der Waals surface area contributed by atoms with Crippen LogP contribution < -0.4 is 0 Å². The predicted molar refractivity (Wildman–Crippen MR) is 89.6 cm³/mol. The van der Waals surface area contributed by atoms with Crippen molar-refractivity contribution in [1.82, 2.24) is 9.21 Å². The van der Waals surface area contributed by atoms with E-state index < -0.39 is 21.6 Å². The number of rotatable bonds is 5. The molecule has 3 rings (SSSR count). The van der Waals surface area contributed by atoms with Crippen LogP contribution in [0.1, 0.15) is 32.6 Å². The Morgan fingerprint density at radius 3 is 2.46 bits per heavy atom. The van der Waals surface area contributed by atoms with E-state index in [1.807, 2.05) is 0 Å². The number of sulfonamides is 1. The van der Waals surface area contributed by atoms with Crippen molar-refractivity contribution >= 4 is 10.0 Å². The molecule has 0 radical (unpaired) electrons. The average molecular weight is 356 g/mol. The van der Waals surface area contributed by atoms with Gasteiger partial charge in [-0.05, 0) is 37.2 Å². The molecule has 0 amide bonds. The number of benzene rings is 1. The van der Waals surface area contributed by atoms with Gasteiger partial charge in [-0.2, -0.15) is 4.31 Å². The Balaban J connectivity index is 1.77. The molecule has 0 saturated carbocycles. The molecule has 1 spiro atoms. The third-order valence-electron chi connectivity index (χ3n) is 4.99. The summed E-state index contributed by atoms with van der Waals surface area (Å²) in [6.45, 7) is 5.68. The summed E-state index contributed by atoms with van der Waals surface area (Å²) in [5, 5.41) is 0. The van der Waals surface area contributed by atoms with Gasteiger partial charge in [-0.25, -0.2) is 12.8 Å². The lowest BCUT2D eigenvalue weighted by Crippen LogP contribution is -2.54. The zero-order valence-electron chi connectivity index (χ0n) is 14.1. The molecule has 0 aromatic heterocycles. The zero-order chi connectivity index (χ0) is 17.2. The van der Waals surface area contributed by atoms with Crippen LogP contribution in [0.3, 0.4) is 0 Å². The fourth-order valence-corrected chi connectivity index (χ4v) is 5.29. The van der Waals surface area contributed by atoms with Gasteiger partial charge in [-0.1, -0.05) is 13.3 Å². The first-order chi connectivity index (χ1) is 11.5. The molecular weight excluding hydrogens is 331 g/mol. The number of nitrogens with zero attached hydrogens (tertiary/aromatic N) is 2. The third-order valence-corrected chi connectivity index (χ3v) is 6.95. The maximum atomic E-state index is 13.1. The topological polar surface area (TPSA) is 49.9 Å². The number of hydrogen-bond donors (Lipinski definition) is 0. The number of piperidine rings is 1. The Morgan fingerprint density at radius 1 is 1.17 bits per heavy atom. The number of likely N-dealkylation sites (tertiary alicyclic amines) is 1. The smallest absolute Gasteiger partial charge is 0.245 e. The second-order valence-corrected chi connectivity index (χ2v) is 8.38. The van der Waals surface area contributed by atoms with Crippen molar-refractivity contribution in [3.05, 3.63) is 30.1 Å². The van der Waals surface area contributed by atoms with E-state index in [0.29, 0.717) is 26.0 Å². The van der Waals surface area contributed by atoms with Crippen LogP contribution in [0.25, 0.3) is 0 Å². The molecule has 134 valence electrons. The Kier molecular flexibility index (Phi) is 5.24. The Labute approximate surface area is 143 Å². The van der Waals surface area contributed by atoms with Crippen molar-refractivity contribution in [2.24, 2.45) is 0 Å². The number of halogens is 1. The summed E-state index contributed by atoms with van der Waals surface area (Å²) in [7, 11) is -3.67. The van der Waals surface area contributed by atoms with E-state index in [0.717, 1.165) is 32.5 Å². The first-order valence-corrected chi connectivity index (χ1v) is 10.1. The fraction of sp³-hybridized carbons (Fsp3) is 0.647. The molecule has 0 bridgehead atoms. The number of ether oxygens (including phenoxy) is 1. The van der Waals surface area contributed by atoms with Gasteiger partial charge >= 0.3 is 0 Å². The minimum atomic E-state index is -3.67. The summed E-state index contributed by atoms with van der Waals surface area (Å²) in [6, 6.07) is 5.02. The maximum Gasteiger partial charge on any atom is 0.245 e. The maximum absolute atomic E-state index is 13.1. The average Bonchev–Trinajstić information content (AvgIpc) is 2.99. The lowest BCUT2D eigenvalue weighted by molar-refractivity contribution is -0.0906. The molecule has 24 heavy (non-hydrogen) atoms. The van der Waals surface area contributed by atoms with Gasteiger partial charge in [0.2, 0.25) is 10.0 Å². The highest BCUT2D eigenvalue weighted by Crippen LogP contribution is 2.38. The van der Waals surface area contributed by atoms with E-state index >= 15 is 0 Å². The Morgan fingerprint density at radius 2 is 1.83 bits per heavy atom. The van der Waals surface area contributed by atoms with Crippen LogP contribution in [-0.2, 0) is 14.8 Å². The predicted octanol–water partition coefficient (Wildman–Crippen LogP) is 2.44. The van der Waals surface area contributed by atoms with Crippen molar-refractivity contribution in [2.45, 2.75) is 43.2 Å². The van der Waals surface area contributed by atoms with Crippen LogP contribution in [0.4, 0.5) is 4.39 Å². The zero-order valence-corrected chi connectivity index (χ0v) is 14.9. The molecule has 0 aliphatic carbocycles. The summed E-state index contributed by atoms with van der Waals surface area (Å²) in [5.74, 6) is -0.439. The second-order valence-electron chi connectivity index (χ2n) is 6.52. The number of unbranched alkanes of at least 4 members (excludes halogenated alkanes) is 1. The molecule has 2 aliphatic heterocycles. The SMILES string of the molecule is CCCCN1CCC2(CC1)OCCN2S(=O)(=O)c1ccc(F)cc1. The van der Waals surface area contributed by atoms with Crippen LogP contribution in [0.5, 0.6) is 0 Å². The van der Waals surface area contributed by atoms with E-state index in [4.69, 9.17) is 4.74 Å². The Hall–Kier alpha value is -1.02. The first-order valence-electron chi connectivity index (χ1n) is 8.63. The highest BCUT2D eigenvalue weighted by molar-refractivity contribution is 7.89. The highest BCUT2D eigenvalue weighted by Gasteiger charge is 2.50. The van der Waals surface area contributed by atoms with Crippen LogP contribution in [0.2, 0.25) is 0 Å². The quantitative estimate of drug-likeness (QED) is 0.813. The van der Waals surface area contributed by atoms with Gasteiger partial charge in [-0.15, -0.1) is 0 Å². The minimum absolute atomic E-state index is 0.127. The van der Waals surface area contributed by atoms with E-state index in [9.17, 15) is 12.8 Å². The molecular formula is C17H25FN2O3S. The van der Waals surface area contributed by atoms with Gasteiger partial charge < -0.3 is 9.64 Å². The number of hydrogen-bond acceptors (Lipinski definition) is 4. The summed E-state index contributed by atoms with van der Waals surface area (Å²) in [4.78, 5) is 2.50. The first kappa shape index (κ1) is 17.8. The summed E-state index contributed by atoms with van der Waals surface area (Å²) in [6.07, 6.45) is 3.67. The Bertz CT molecular complexity index is 655. The highest BCUT2D eigenvalue weighted by atomic mass is 32.2. The van der Waals surface area contributed by atoms with Crippen molar-refractivity contribution in [1.29, 1.82) is 0 Å². The van der Waals surface area contributed by atoms with Crippen molar-refractivity contribution in [3.63, 3.8) is 0 Å². The minimum Gasteiger partial charge on any atom is -0.358 e. The second kappa shape index (κ2) is 7.07. The molecule has 2 heterocycles. The van der Waals surface area contributed by atoms with Crippen LogP contribution in [0.15, 0.2) is 29.2 Å². The van der Waals surface area contributed by atoms with Gasteiger partial charge in [-0.3, -0.25) is 0 Å². The summed E-state index contributed by atoms with van der Waals surface area (Å²) in [5.41, 5.74) is -0.740. The van der Waals surface area contributed by atoms with Crippen LogP contribution >= 0.6 is 0 Å². The van der Waals surface area contributed by atoms with Crippen molar-refractivity contribution < 1.29 is 17.5 Å². The van der Waals surface area contributed by atoms with Gasteiger partial charge in [0, 0.05) is 32.5 Å². The normalized spacial score (nSPS) is 22.2. The monoisotopic (exact) mass is 356 g/mol. The van der Waals surface area contributed by atoms with Crippen molar-refractivity contribution in [3.8, 4) is 0 Å². The van der Waals surface area contributed by atoms with E-state index in [1.165, 1.54) is 28.6 Å². The standard InChI is InChI=1S/C17H25FN2O3S/c1-2-3-10-19-11-8-17(9-12-19)20(13-14-23-17)24(21,22)16-6-4-15(18)5-7-16/h4-7H,2-3,8-14H2,1H3. The van der Waals surface area contributed by atoms with Gasteiger partial charge in [0.25, 0.3) is 0 Å². The molecule has 2 saturated heterocycles. The molecule has 0 N–H and O–H groups in total. The van der Waals surface area contributed by atoms with Crippen LogP contribution in [0, 0.1) is 5.82 Å². The third kappa shape index (κ3) is 3.35. The molecule has 5 nitrogen and oxygen atoms in total. The molecule has 7 heteroatoms. The summed E-state index contributed by atoms with van der Waals surface area (Å²) >= 11 is 0.